The van der Waals surface area contributed by atoms with E-state index in [4.69, 9.17) is 10.5 Å². The highest BCUT2D eigenvalue weighted by Gasteiger charge is 2.23. The van der Waals surface area contributed by atoms with Gasteiger partial charge in [-0.3, -0.25) is 4.79 Å². The summed E-state index contributed by atoms with van der Waals surface area (Å²) in [6.07, 6.45) is 0.0421. The van der Waals surface area contributed by atoms with Crippen LogP contribution in [-0.4, -0.2) is 36.8 Å². The van der Waals surface area contributed by atoms with Gasteiger partial charge >= 0.3 is 0 Å². The molecule has 0 fully saturated rings. The molecule has 0 saturated carbocycles. The number of nitrogens with zero attached hydrogens (tertiary/aromatic N) is 1. The SMILES string of the molecule is CCSc1sc(C(=O)N(C)C)c(N)c1OC(C)C. The van der Waals surface area contributed by atoms with Gasteiger partial charge in [0.2, 0.25) is 0 Å². The van der Waals surface area contributed by atoms with Crippen molar-refractivity contribution in [3.05, 3.63) is 4.88 Å². The summed E-state index contributed by atoms with van der Waals surface area (Å²) < 4.78 is 6.71. The van der Waals surface area contributed by atoms with Gasteiger partial charge in [0.15, 0.2) is 5.75 Å². The molecule has 0 bridgehead atoms. The Morgan fingerprint density at radius 1 is 1.50 bits per heavy atom. The van der Waals surface area contributed by atoms with Crippen LogP contribution in [0.1, 0.15) is 30.4 Å². The number of carbonyl (C=O) groups is 1. The molecule has 0 spiro atoms. The Labute approximate surface area is 116 Å². The zero-order valence-electron chi connectivity index (χ0n) is 11.4. The zero-order chi connectivity index (χ0) is 13.9. The van der Waals surface area contributed by atoms with E-state index in [1.54, 1.807) is 25.9 Å². The first-order valence-electron chi connectivity index (χ1n) is 5.81. The number of nitrogen functional groups attached to an aromatic ring is 1. The second-order valence-electron chi connectivity index (χ2n) is 4.26. The number of carbonyl (C=O) groups excluding carboxylic acids is 1. The normalized spacial score (nSPS) is 10.8. The minimum atomic E-state index is -0.0749. The number of thioether (sulfide) groups is 1. The number of rotatable bonds is 5. The van der Waals surface area contributed by atoms with Crippen molar-refractivity contribution in [2.75, 3.05) is 25.6 Å². The maximum atomic E-state index is 12.0. The molecule has 0 aliphatic heterocycles. The lowest BCUT2D eigenvalue weighted by Gasteiger charge is -2.12. The molecule has 1 aromatic heterocycles. The van der Waals surface area contributed by atoms with E-state index in [-0.39, 0.29) is 12.0 Å². The molecule has 0 aliphatic carbocycles. The van der Waals surface area contributed by atoms with Crippen LogP contribution in [0.3, 0.4) is 0 Å². The van der Waals surface area contributed by atoms with Gasteiger partial charge in [-0.25, -0.2) is 0 Å². The third-order valence-electron chi connectivity index (χ3n) is 2.10. The highest BCUT2D eigenvalue weighted by molar-refractivity contribution is 8.01. The van der Waals surface area contributed by atoms with Gasteiger partial charge in [0.1, 0.15) is 9.09 Å². The number of hydrogen-bond acceptors (Lipinski definition) is 5. The van der Waals surface area contributed by atoms with E-state index in [1.165, 1.54) is 16.2 Å². The molecular weight excluding hydrogens is 268 g/mol. The van der Waals surface area contributed by atoms with Crippen LogP contribution in [0.5, 0.6) is 5.75 Å². The summed E-state index contributed by atoms with van der Waals surface area (Å²) in [5.74, 6) is 1.50. The van der Waals surface area contributed by atoms with Crippen LogP contribution in [0.4, 0.5) is 5.69 Å². The Morgan fingerprint density at radius 3 is 2.56 bits per heavy atom. The van der Waals surface area contributed by atoms with Crippen molar-refractivity contribution >= 4 is 34.7 Å². The van der Waals surface area contributed by atoms with Crippen LogP contribution in [0.25, 0.3) is 0 Å². The fourth-order valence-electron chi connectivity index (χ4n) is 1.34. The third kappa shape index (κ3) is 3.32. The van der Waals surface area contributed by atoms with Crippen LogP contribution in [0.15, 0.2) is 4.21 Å². The molecule has 1 aromatic rings. The van der Waals surface area contributed by atoms with Crippen LogP contribution in [0, 0.1) is 0 Å². The summed E-state index contributed by atoms with van der Waals surface area (Å²) in [6.45, 7) is 5.96. The molecule has 0 radical (unpaired) electrons. The maximum Gasteiger partial charge on any atom is 0.265 e. The van der Waals surface area contributed by atoms with E-state index < -0.39 is 0 Å². The Kier molecular flexibility index (Phi) is 5.34. The molecule has 4 nitrogen and oxygen atoms in total. The van der Waals surface area contributed by atoms with Crippen molar-refractivity contribution in [3.63, 3.8) is 0 Å². The van der Waals surface area contributed by atoms with Crippen molar-refractivity contribution in [3.8, 4) is 5.75 Å². The Hall–Kier alpha value is -0.880. The van der Waals surface area contributed by atoms with Gasteiger partial charge in [-0.05, 0) is 19.6 Å². The molecule has 1 amide bonds. The average molecular weight is 288 g/mol. The molecular formula is C12H20N2O2S2. The Morgan fingerprint density at radius 2 is 2.11 bits per heavy atom. The minimum Gasteiger partial charge on any atom is -0.487 e. The zero-order valence-corrected chi connectivity index (χ0v) is 13.1. The molecule has 6 heteroatoms. The van der Waals surface area contributed by atoms with E-state index >= 15 is 0 Å². The van der Waals surface area contributed by atoms with Crippen molar-refractivity contribution in [2.45, 2.75) is 31.1 Å². The third-order valence-corrected chi connectivity index (χ3v) is 4.41. The average Bonchev–Trinajstić information content (AvgIpc) is 2.56. The predicted octanol–water partition coefficient (Wildman–Crippen LogP) is 2.93. The number of anilines is 1. The van der Waals surface area contributed by atoms with E-state index in [9.17, 15) is 4.79 Å². The fourth-order valence-corrected chi connectivity index (χ4v) is 3.64. The lowest BCUT2D eigenvalue weighted by atomic mass is 10.3. The largest absolute Gasteiger partial charge is 0.487 e. The van der Waals surface area contributed by atoms with Crippen LogP contribution >= 0.6 is 23.1 Å². The van der Waals surface area contributed by atoms with Crippen molar-refractivity contribution < 1.29 is 9.53 Å². The number of nitrogens with two attached hydrogens (primary N) is 1. The van der Waals surface area contributed by atoms with Crippen molar-refractivity contribution in [1.29, 1.82) is 0 Å². The number of ether oxygens (including phenoxy) is 1. The summed E-state index contributed by atoms with van der Waals surface area (Å²) in [7, 11) is 3.44. The van der Waals surface area contributed by atoms with Gasteiger partial charge in [-0.1, -0.05) is 6.92 Å². The first kappa shape index (κ1) is 15.2. The number of hydrogen-bond donors (Lipinski definition) is 1. The topological polar surface area (TPSA) is 55.6 Å². The second-order valence-corrected chi connectivity index (χ2v) is 6.81. The number of thiophene rings is 1. The standard InChI is InChI=1S/C12H20N2O2S2/c1-6-17-12-9(16-7(2)3)8(13)10(18-12)11(15)14(4)5/h7H,6,13H2,1-5H3. The van der Waals surface area contributed by atoms with Gasteiger partial charge in [-0.2, -0.15) is 0 Å². The summed E-state index contributed by atoms with van der Waals surface area (Å²) >= 11 is 3.06. The second kappa shape index (κ2) is 6.33. The molecule has 0 aromatic carbocycles. The molecule has 1 rings (SSSR count). The Bertz CT molecular complexity index is 428. The lowest BCUT2D eigenvalue weighted by molar-refractivity contribution is 0.0833. The summed E-state index contributed by atoms with van der Waals surface area (Å²) in [5, 5.41) is 0. The van der Waals surface area contributed by atoms with Crippen LogP contribution < -0.4 is 10.5 Å². The van der Waals surface area contributed by atoms with E-state index in [2.05, 4.69) is 6.92 Å². The first-order valence-corrected chi connectivity index (χ1v) is 7.62. The van der Waals surface area contributed by atoms with Crippen LogP contribution in [0.2, 0.25) is 0 Å². The molecule has 18 heavy (non-hydrogen) atoms. The molecule has 0 atom stereocenters. The highest BCUT2D eigenvalue weighted by Crippen LogP contribution is 2.45. The van der Waals surface area contributed by atoms with Crippen LogP contribution in [-0.2, 0) is 0 Å². The van der Waals surface area contributed by atoms with Gasteiger partial charge in [0, 0.05) is 14.1 Å². The van der Waals surface area contributed by atoms with Gasteiger partial charge in [0.05, 0.1) is 11.8 Å². The Balaban J connectivity index is 3.18. The van der Waals surface area contributed by atoms with Gasteiger partial charge < -0.3 is 15.4 Å². The monoisotopic (exact) mass is 288 g/mol. The maximum absolute atomic E-state index is 12.0. The quantitative estimate of drug-likeness (QED) is 0.846. The predicted molar refractivity (Wildman–Crippen MR) is 78.9 cm³/mol. The summed E-state index contributed by atoms with van der Waals surface area (Å²) in [6, 6.07) is 0. The minimum absolute atomic E-state index is 0.0421. The smallest absolute Gasteiger partial charge is 0.265 e. The number of amides is 1. The van der Waals surface area contributed by atoms with Gasteiger partial charge in [-0.15, -0.1) is 23.1 Å². The molecule has 0 saturated heterocycles. The highest BCUT2D eigenvalue weighted by atomic mass is 32.2. The molecule has 1 heterocycles. The molecule has 0 unspecified atom stereocenters. The van der Waals surface area contributed by atoms with E-state index in [0.29, 0.717) is 16.3 Å². The van der Waals surface area contributed by atoms with E-state index in [1.807, 2.05) is 13.8 Å². The van der Waals surface area contributed by atoms with Crippen molar-refractivity contribution in [1.82, 2.24) is 4.90 Å². The summed E-state index contributed by atoms with van der Waals surface area (Å²) in [5.41, 5.74) is 6.51. The fraction of sp³-hybridized carbons (Fsp3) is 0.583. The van der Waals surface area contributed by atoms with Crippen molar-refractivity contribution in [2.24, 2.45) is 0 Å². The van der Waals surface area contributed by atoms with Gasteiger partial charge in [0.25, 0.3) is 5.91 Å². The van der Waals surface area contributed by atoms with E-state index in [0.717, 1.165) is 9.96 Å². The molecule has 0 aliphatic rings. The first-order chi connectivity index (χ1) is 8.38. The summed E-state index contributed by atoms with van der Waals surface area (Å²) in [4.78, 5) is 14.1. The molecule has 2 N–H and O–H groups in total. The lowest BCUT2D eigenvalue weighted by Crippen LogP contribution is -2.21. The molecule has 102 valence electrons.